The van der Waals surface area contributed by atoms with Gasteiger partial charge in [0, 0.05) is 9.14 Å². The molecule has 0 amide bonds. The van der Waals surface area contributed by atoms with Crippen molar-refractivity contribution >= 4 is 39.2 Å². The van der Waals surface area contributed by atoms with Gasteiger partial charge in [-0.05, 0) is 47.2 Å². The number of rotatable bonds is 1. The van der Waals surface area contributed by atoms with E-state index in [1.807, 2.05) is 30.3 Å². The Labute approximate surface area is 96.2 Å². The van der Waals surface area contributed by atoms with Crippen LogP contribution in [-0.2, 0) is 0 Å². The van der Waals surface area contributed by atoms with Gasteiger partial charge in [-0.25, -0.2) is 0 Å². The lowest BCUT2D eigenvalue weighted by atomic mass is 10.1. The lowest BCUT2D eigenvalue weighted by Crippen LogP contribution is -1.81. The summed E-state index contributed by atoms with van der Waals surface area (Å²) in [6.07, 6.45) is 0. The molecule has 1 aromatic rings. The smallest absolute Gasteiger partial charge is 0.0959 e. The fourth-order valence-corrected chi connectivity index (χ4v) is 1.59. The van der Waals surface area contributed by atoms with E-state index in [1.165, 1.54) is 0 Å². The Balaban J connectivity index is 3.18. The van der Waals surface area contributed by atoms with Gasteiger partial charge in [0.1, 0.15) is 0 Å². The van der Waals surface area contributed by atoms with E-state index < -0.39 is 0 Å². The summed E-state index contributed by atoms with van der Waals surface area (Å²) in [5.74, 6) is 0. The standard InChI is InChI=1S/C10H7ClIN/c1-7(6-13)10(11)8-3-2-4-9(12)5-8/h2-5H,1H3/b10-7-. The molecule has 3 heteroatoms. The molecule has 0 saturated carbocycles. The first-order valence-corrected chi connectivity index (χ1v) is 5.13. The molecule has 0 saturated heterocycles. The SMILES string of the molecule is C/C(C#N)=C(/Cl)c1cccc(I)c1. The third-order valence-electron chi connectivity index (χ3n) is 1.58. The van der Waals surface area contributed by atoms with E-state index in [0.717, 1.165) is 9.13 Å². The topological polar surface area (TPSA) is 23.8 Å². The largest absolute Gasteiger partial charge is 0.193 e. The predicted molar refractivity (Wildman–Crippen MR) is 63.2 cm³/mol. The van der Waals surface area contributed by atoms with Gasteiger partial charge >= 0.3 is 0 Å². The highest BCUT2D eigenvalue weighted by molar-refractivity contribution is 14.1. The van der Waals surface area contributed by atoms with Crippen molar-refractivity contribution in [1.29, 1.82) is 5.26 Å². The van der Waals surface area contributed by atoms with Gasteiger partial charge in [-0.15, -0.1) is 0 Å². The van der Waals surface area contributed by atoms with Crippen LogP contribution in [0.3, 0.4) is 0 Å². The number of halogens is 2. The molecule has 66 valence electrons. The average Bonchev–Trinajstić information content (AvgIpc) is 2.15. The van der Waals surface area contributed by atoms with Crippen molar-refractivity contribution in [3.8, 4) is 6.07 Å². The number of allylic oxidation sites excluding steroid dienone is 1. The summed E-state index contributed by atoms with van der Waals surface area (Å²) in [7, 11) is 0. The zero-order chi connectivity index (χ0) is 9.84. The fraction of sp³-hybridized carbons (Fsp3) is 0.100. The van der Waals surface area contributed by atoms with Gasteiger partial charge in [-0.3, -0.25) is 0 Å². The minimum atomic E-state index is 0.529. The van der Waals surface area contributed by atoms with Crippen molar-refractivity contribution in [3.63, 3.8) is 0 Å². The van der Waals surface area contributed by atoms with Gasteiger partial charge in [0.2, 0.25) is 0 Å². The summed E-state index contributed by atoms with van der Waals surface area (Å²) in [6.45, 7) is 1.71. The molecule has 0 bridgehead atoms. The third kappa shape index (κ3) is 2.71. The highest BCUT2D eigenvalue weighted by atomic mass is 127. The van der Waals surface area contributed by atoms with Gasteiger partial charge < -0.3 is 0 Å². The van der Waals surface area contributed by atoms with Crippen LogP contribution in [0, 0.1) is 14.9 Å². The highest BCUT2D eigenvalue weighted by Gasteiger charge is 2.02. The minimum Gasteiger partial charge on any atom is -0.193 e. The first kappa shape index (κ1) is 10.6. The predicted octanol–water partition coefficient (Wildman–Crippen LogP) is 3.78. The summed E-state index contributed by atoms with van der Waals surface area (Å²) in [4.78, 5) is 0. The van der Waals surface area contributed by atoms with E-state index >= 15 is 0 Å². The lowest BCUT2D eigenvalue weighted by Gasteiger charge is -2.00. The maximum Gasteiger partial charge on any atom is 0.0959 e. The maximum absolute atomic E-state index is 8.64. The molecular weight excluding hydrogens is 296 g/mol. The van der Waals surface area contributed by atoms with Gasteiger partial charge in [0.15, 0.2) is 0 Å². The summed E-state index contributed by atoms with van der Waals surface area (Å²) < 4.78 is 1.11. The van der Waals surface area contributed by atoms with Crippen LogP contribution in [0.2, 0.25) is 0 Å². The molecule has 13 heavy (non-hydrogen) atoms. The molecule has 0 aliphatic carbocycles. The summed E-state index contributed by atoms with van der Waals surface area (Å²) in [6, 6.07) is 9.77. The van der Waals surface area contributed by atoms with Crippen LogP contribution >= 0.6 is 34.2 Å². The summed E-state index contributed by atoms with van der Waals surface area (Å²) in [5, 5.41) is 9.17. The molecule has 0 aliphatic rings. The van der Waals surface area contributed by atoms with Crippen LogP contribution in [0.25, 0.3) is 5.03 Å². The van der Waals surface area contributed by atoms with Gasteiger partial charge in [0.05, 0.1) is 11.1 Å². The summed E-state index contributed by atoms with van der Waals surface area (Å²) in [5.41, 5.74) is 1.44. The zero-order valence-electron chi connectivity index (χ0n) is 7.01. The molecule has 0 heterocycles. The molecule has 0 fully saturated rings. The number of nitrogens with zero attached hydrogens (tertiary/aromatic N) is 1. The lowest BCUT2D eigenvalue weighted by molar-refractivity contribution is 1.45. The number of benzene rings is 1. The molecule has 0 aliphatic heterocycles. The Morgan fingerprint density at radius 3 is 2.77 bits per heavy atom. The van der Waals surface area contributed by atoms with Crippen LogP contribution in [0.1, 0.15) is 12.5 Å². The normalized spacial score (nSPS) is 11.8. The number of nitriles is 1. The molecule has 0 aromatic heterocycles. The van der Waals surface area contributed by atoms with Crippen LogP contribution in [-0.4, -0.2) is 0 Å². The second kappa shape index (κ2) is 4.64. The van der Waals surface area contributed by atoms with E-state index in [0.29, 0.717) is 10.6 Å². The summed E-state index contributed by atoms with van der Waals surface area (Å²) >= 11 is 8.19. The van der Waals surface area contributed by atoms with Crippen LogP contribution in [0.5, 0.6) is 0 Å². The first-order valence-electron chi connectivity index (χ1n) is 3.67. The van der Waals surface area contributed by atoms with Crippen molar-refractivity contribution < 1.29 is 0 Å². The first-order chi connectivity index (χ1) is 6.15. The van der Waals surface area contributed by atoms with Crippen molar-refractivity contribution in [2.75, 3.05) is 0 Å². The average molecular weight is 304 g/mol. The Morgan fingerprint density at radius 1 is 1.54 bits per heavy atom. The third-order valence-corrected chi connectivity index (χ3v) is 2.75. The Bertz CT molecular complexity index is 390. The van der Waals surface area contributed by atoms with Gasteiger partial charge in [-0.1, -0.05) is 23.7 Å². The quantitative estimate of drug-likeness (QED) is 0.572. The van der Waals surface area contributed by atoms with Crippen LogP contribution < -0.4 is 0 Å². The molecule has 0 radical (unpaired) electrons. The Morgan fingerprint density at radius 2 is 2.23 bits per heavy atom. The molecule has 0 spiro atoms. The molecule has 0 atom stereocenters. The molecule has 1 nitrogen and oxygen atoms in total. The van der Waals surface area contributed by atoms with E-state index in [9.17, 15) is 0 Å². The molecular formula is C10H7ClIN. The van der Waals surface area contributed by atoms with Gasteiger partial charge in [0.25, 0.3) is 0 Å². The van der Waals surface area contributed by atoms with Crippen LogP contribution in [0.4, 0.5) is 0 Å². The Hall–Kier alpha value is -0.530. The van der Waals surface area contributed by atoms with Crippen LogP contribution in [0.15, 0.2) is 29.8 Å². The molecule has 1 aromatic carbocycles. The fourth-order valence-electron chi connectivity index (χ4n) is 0.891. The monoisotopic (exact) mass is 303 g/mol. The minimum absolute atomic E-state index is 0.529. The van der Waals surface area contributed by atoms with Gasteiger partial charge in [-0.2, -0.15) is 5.26 Å². The van der Waals surface area contributed by atoms with Crippen molar-refractivity contribution in [2.24, 2.45) is 0 Å². The Kier molecular flexibility index (Phi) is 3.76. The highest BCUT2D eigenvalue weighted by Crippen LogP contribution is 2.23. The zero-order valence-corrected chi connectivity index (χ0v) is 9.93. The van der Waals surface area contributed by atoms with E-state index in [4.69, 9.17) is 16.9 Å². The number of hydrogen-bond donors (Lipinski definition) is 0. The van der Waals surface area contributed by atoms with E-state index in [-0.39, 0.29) is 0 Å². The van der Waals surface area contributed by atoms with Crippen molar-refractivity contribution in [3.05, 3.63) is 39.0 Å². The van der Waals surface area contributed by atoms with Crippen molar-refractivity contribution in [1.82, 2.24) is 0 Å². The second-order valence-electron chi connectivity index (χ2n) is 2.56. The van der Waals surface area contributed by atoms with E-state index in [2.05, 4.69) is 22.6 Å². The van der Waals surface area contributed by atoms with Crippen molar-refractivity contribution in [2.45, 2.75) is 6.92 Å². The number of hydrogen-bond acceptors (Lipinski definition) is 1. The maximum atomic E-state index is 8.64. The second-order valence-corrected chi connectivity index (χ2v) is 4.18. The molecule has 0 unspecified atom stereocenters. The molecule has 1 rings (SSSR count). The van der Waals surface area contributed by atoms with E-state index in [1.54, 1.807) is 6.92 Å². The molecule has 0 N–H and O–H groups in total.